The van der Waals surface area contributed by atoms with Gasteiger partial charge < -0.3 is 20.1 Å². The smallest absolute Gasteiger partial charge is 0.253 e. The highest BCUT2D eigenvalue weighted by molar-refractivity contribution is 6.07. The first-order valence-electron chi connectivity index (χ1n) is 9.27. The van der Waals surface area contributed by atoms with Crippen molar-refractivity contribution in [2.45, 2.75) is 18.9 Å². The molecular weight excluding hydrogens is 356 g/mol. The number of amides is 2. The van der Waals surface area contributed by atoms with Crippen LogP contribution in [0.4, 0.5) is 5.69 Å². The molecule has 0 spiro atoms. The number of benzene rings is 2. The van der Waals surface area contributed by atoms with Crippen molar-refractivity contribution in [3.63, 3.8) is 0 Å². The molecule has 146 valence electrons. The van der Waals surface area contributed by atoms with Crippen molar-refractivity contribution < 1.29 is 19.1 Å². The number of methoxy groups -OCH3 is 1. The fraction of sp³-hybridized carbons (Fsp3) is 0.273. The Balaban J connectivity index is 1.60. The van der Waals surface area contributed by atoms with Crippen molar-refractivity contribution in [1.29, 1.82) is 0 Å². The zero-order chi connectivity index (χ0) is 19.8. The van der Waals surface area contributed by atoms with Gasteiger partial charge in [-0.25, -0.2) is 0 Å². The second-order valence-corrected chi connectivity index (χ2v) is 6.49. The number of para-hydroxylation sites is 1. The van der Waals surface area contributed by atoms with Gasteiger partial charge in [-0.3, -0.25) is 9.59 Å². The summed E-state index contributed by atoms with van der Waals surface area (Å²) in [6.45, 7) is 1.21. The summed E-state index contributed by atoms with van der Waals surface area (Å²) in [6.07, 6.45) is 5.18. The van der Waals surface area contributed by atoms with Gasteiger partial charge in [0.2, 0.25) is 5.91 Å². The van der Waals surface area contributed by atoms with E-state index in [0.717, 1.165) is 30.8 Å². The molecule has 1 fully saturated rings. The van der Waals surface area contributed by atoms with Crippen LogP contribution in [0.3, 0.4) is 0 Å². The largest absolute Gasteiger partial charge is 0.497 e. The molecule has 2 N–H and O–H groups in total. The SMILES string of the molecule is COc1ccc(/C=C/C(=O)Nc2ccccc2C(=O)NCC2CCCO2)cc1. The number of carbonyl (C=O) groups is 2. The van der Waals surface area contributed by atoms with E-state index in [-0.39, 0.29) is 17.9 Å². The molecule has 1 unspecified atom stereocenters. The molecule has 0 saturated carbocycles. The highest BCUT2D eigenvalue weighted by Crippen LogP contribution is 2.17. The van der Waals surface area contributed by atoms with Crippen LogP contribution < -0.4 is 15.4 Å². The van der Waals surface area contributed by atoms with Crippen molar-refractivity contribution in [2.75, 3.05) is 25.6 Å². The summed E-state index contributed by atoms with van der Waals surface area (Å²) in [5, 5.41) is 5.65. The Bertz CT molecular complexity index is 840. The normalized spacial score (nSPS) is 16.1. The zero-order valence-corrected chi connectivity index (χ0v) is 15.8. The van der Waals surface area contributed by atoms with E-state index in [1.807, 2.05) is 24.3 Å². The topological polar surface area (TPSA) is 76.7 Å². The molecule has 6 nitrogen and oxygen atoms in total. The Morgan fingerprint density at radius 2 is 1.96 bits per heavy atom. The average molecular weight is 380 g/mol. The van der Waals surface area contributed by atoms with Gasteiger partial charge in [-0.15, -0.1) is 0 Å². The van der Waals surface area contributed by atoms with Crippen LogP contribution in [-0.2, 0) is 9.53 Å². The molecule has 3 rings (SSSR count). The highest BCUT2D eigenvalue weighted by atomic mass is 16.5. The number of anilines is 1. The van der Waals surface area contributed by atoms with Crippen LogP contribution in [0.1, 0.15) is 28.8 Å². The van der Waals surface area contributed by atoms with Gasteiger partial charge >= 0.3 is 0 Å². The third-order valence-electron chi connectivity index (χ3n) is 4.49. The lowest BCUT2D eigenvalue weighted by Crippen LogP contribution is -2.32. The fourth-order valence-corrected chi connectivity index (χ4v) is 2.96. The minimum atomic E-state index is -0.310. The lowest BCUT2D eigenvalue weighted by Gasteiger charge is -2.13. The van der Waals surface area contributed by atoms with Gasteiger partial charge in [0.05, 0.1) is 24.5 Å². The lowest BCUT2D eigenvalue weighted by molar-refractivity contribution is -0.111. The Morgan fingerprint density at radius 3 is 2.68 bits per heavy atom. The van der Waals surface area contributed by atoms with E-state index in [1.54, 1.807) is 37.5 Å². The maximum absolute atomic E-state index is 12.5. The molecule has 2 aromatic rings. The third kappa shape index (κ3) is 5.44. The first-order valence-corrected chi connectivity index (χ1v) is 9.27. The minimum Gasteiger partial charge on any atom is -0.497 e. The number of rotatable bonds is 7. The summed E-state index contributed by atoms with van der Waals surface area (Å²) >= 11 is 0. The Labute approximate surface area is 164 Å². The van der Waals surface area contributed by atoms with Crippen LogP contribution in [0.2, 0.25) is 0 Å². The Morgan fingerprint density at radius 1 is 1.18 bits per heavy atom. The third-order valence-corrected chi connectivity index (χ3v) is 4.49. The first-order chi connectivity index (χ1) is 13.7. The molecule has 0 bridgehead atoms. The second-order valence-electron chi connectivity index (χ2n) is 6.49. The number of nitrogens with one attached hydrogen (secondary N) is 2. The van der Waals surface area contributed by atoms with Gasteiger partial charge in [-0.1, -0.05) is 24.3 Å². The number of ether oxygens (including phenoxy) is 2. The second kappa shape index (κ2) is 9.71. The van der Waals surface area contributed by atoms with E-state index in [0.29, 0.717) is 17.8 Å². The van der Waals surface area contributed by atoms with Gasteiger partial charge in [0.1, 0.15) is 5.75 Å². The predicted molar refractivity (Wildman–Crippen MR) is 108 cm³/mol. The standard InChI is InChI=1S/C22H24N2O4/c1-27-17-11-8-16(9-12-17)10-13-21(25)24-20-7-3-2-6-19(20)22(26)23-15-18-5-4-14-28-18/h2-3,6-13,18H,4-5,14-15H2,1H3,(H,23,26)(H,24,25)/b13-10+. The van der Waals surface area contributed by atoms with Crippen molar-refractivity contribution in [2.24, 2.45) is 0 Å². The molecule has 1 aliphatic heterocycles. The van der Waals surface area contributed by atoms with Crippen molar-refractivity contribution >= 4 is 23.6 Å². The monoisotopic (exact) mass is 380 g/mol. The summed E-state index contributed by atoms with van der Waals surface area (Å²) < 4.78 is 10.6. The van der Waals surface area contributed by atoms with E-state index >= 15 is 0 Å². The molecular formula is C22H24N2O4. The molecule has 0 aromatic heterocycles. The molecule has 1 atom stereocenters. The number of carbonyl (C=O) groups excluding carboxylic acids is 2. The predicted octanol–water partition coefficient (Wildman–Crippen LogP) is 3.26. The summed E-state index contributed by atoms with van der Waals surface area (Å²) in [4.78, 5) is 24.8. The van der Waals surface area contributed by atoms with E-state index in [1.165, 1.54) is 6.08 Å². The van der Waals surface area contributed by atoms with Crippen LogP contribution >= 0.6 is 0 Å². The lowest BCUT2D eigenvalue weighted by atomic mass is 10.1. The molecule has 1 saturated heterocycles. The molecule has 1 heterocycles. The van der Waals surface area contributed by atoms with Crippen molar-refractivity contribution in [1.82, 2.24) is 5.32 Å². The van der Waals surface area contributed by atoms with Gasteiger partial charge in [-0.05, 0) is 48.7 Å². The summed E-state index contributed by atoms with van der Waals surface area (Å²) in [5.74, 6) is 0.213. The minimum absolute atomic E-state index is 0.0677. The number of hydrogen-bond donors (Lipinski definition) is 2. The quantitative estimate of drug-likeness (QED) is 0.723. The van der Waals surface area contributed by atoms with E-state index in [2.05, 4.69) is 10.6 Å². The fourth-order valence-electron chi connectivity index (χ4n) is 2.96. The van der Waals surface area contributed by atoms with Crippen LogP contribution in [0, 0.1) is 0 Å². The van der Waals surface area contributed by atoms with E-state index in [4.69, 9.17) is 9.47 Å². The van der Waals surface area contributed by atoms with E-state index < -0.39 is 0 Å². The Kier molecular flexibility index (Phi) is 6.81. The maximum Gasteiger partial charge on any atom is 0.253 e. The van der Waals surface area contributed by atoms with Crippen LogP contribution in [0.15, 0.2) is 54.6 Å². The molecule has 2 aromatic carbocycles. The molecule has 0 radical (unpaired) electrons. The van der Waals surface area contributed by atoms with E-state index in [9.17, 15) is 9.59 Å². The van der Waals surface area contributed by atoms with Crippen LogP contribution in [-0.4, -0.2) is 38.2 Å². The van der Waals surface area contributed by atoms with Gasteiger partial charge in [0, 0.05) is 19.2 Å². The summed E-state index contributed by atoms with van der Waals surface area (Å²) in [7, 11) is 1.60. The molecule has 0 aliphatic carbocycles. The van der Waals surface area contributed by atoms with Gasteiger partial charge in [0.15, 0.2) is 0 Å². The summed E-state index contributed by atoms with van der Waals surface area (Å²) in [6, 6.07) is 14.3. The molecule has 6 heteroatoms. The Hall–Kier alpha value is -3.12. The summed E-state index contributed by atoms with van der Waals surface area (Å²) in [5.41, 5.74) is 1.77. The van der Waals surface area contributed by atoms with Gasteiger partial charge in [-0.2, -0.15) is 0 Å². The molecule has 28 heavy (non-hydrogen) atoms. The van der Waals surface area contributed by atoms with Gasteiger partial charge in [0.25, 0.3) is 5.91 Å². The average Bonchev–Trinajstić information content (AvgIpc) is 3.25. The van der Waals surface area contributed by atoms with Crippen molar-refractivity contribution in [3.05, 3.63) is 65.7 Å². The highest BCUT2D eigenvalue weighted by Gasteiger charge is 2.18. The molecule has 2 amide bonds. The van der Waals surface area contributed by atoms with Crippen molar-refractivity contribution in [3.8, 4) is 5.75 Å². The zero-order valence-electron chi connectivity index (χ0n) is 15.8. The van der Waals surface area contributed by atoms with Crippen LogP contribution in [0.5, 0.6) is 5.75 Å². The molecule has 1 aliphatic rings. The maximum atomic E-state index is 12.5. The van der Waals surface area contributed by atoms with Crippen LogP contribution in [0.25, 0.3) is 6.08 Å². The number of hydrogen-bond acceptors (Lipinski definition) is 4. The first kappa shape index (κ1) is 19.6.